The summed E-state index contributed by atoms with van der Waals surface area (Å²) >= 11 is 3.43. The molecule has 1 aliphatic rings. The van der Waals surface area contributed by atoms with Gasteiger partial charge in [0.1, 0.15) is 29.5 Å². The summed E-state index contributed by atoms with van der Waals surface area (Å²) < 4.78 is 24.8. The van der Waals surface area contributed by atoms with Crippen molar-refractivity contribution in [2.24, 2.45) is 0 Å². The second kappa shape index (κ2) is 10.5. The van der Waals surface area contributed by atoms with Crippen molar-refractivity contribution in [1.29, 1.82) is 0 Å². The van der Waals surface area contributed by atoms with E-state index in [1.54, 1.807) is 54.6 Å². The lowest BCUT2D eigenvalue weighted by Crippen LogP contribution is -2.54. The predicted octanol–water partition coefficient (Wildman–Crippen LogP) is 5.23. The Morgan fingerprint density at radius 2 is 1.69 bits per heavy atom. The number of hydrogen-bond acceptors (Lipinski definition) is 5. The average Bonchev–Trinajstić information content (AvgIpc) is 2.83. The molecule has 7 nitrogen and oxygen atoms in total. The van der Waals surface area contributed by atoms with Crippen LogP contribution < -0.4 is 19.7 Å². The fourth-order valence-electron chi connectivity index (χ4n) is 3.38. The highest BCUT2D eigenvalue weighted by atomic mass is 79.9. The van der Waals surface area contributed by atoms with E-state index in [-0.39, 0.29) is 18.0 Å². The summed E-state index contributed by atoms with van der Waals surface area (Å²) in [6.45, 7) is 2.57. The van der Waals surface area contributed by atoms with Gasteiger partial charge in [-0.3, -0.25) is 14.9 Å². The molecule has 0 bridgehead atoms. The first-order valence-corrected chi connectivity index (χ1v) is 11.5. The summed E-state index contributed by atoms with van der Waals surface area (Å²) in [4.78, 5) is 38.8. The number of carbonyl (C=O) groups is 3. The van der Waals surface area contributed by atoms with Crippen molar-refractivity contribution in [2.75, 3.05) is 11.5 Å². The quantitative estimate of drug-likeness (QED) is 0.328. The van der Waals surface area contributed by atoms with E-state index in [0.29, 0.717) is 33.8 Å². The molecule has 178 valence electrons. The van der Waals surface area contributed by atoms with E-state index in [1.807, 2.05) is 6.92 Å². The van der Waals surface area contributed by atoms with Crippen molar-refractivity contribution in [3.05, 3.63) is 93.7 Å². The standard InChI is InChI=1S/C26H20BrFN2O5/c1-2-34-20-10-8-19(9-11-20)30-25(32)21(24(31)29-26(30)33)13-17-5-12-23(22(27)14-17)35-15-16-3-6-18(28)7-4-16/h3-14H,2,15H2,1H3,(H,29,31,33)/b21-13+. The number of rotatable bonds is 7. The predicted molar refractivity (Wildman–Crippen MR) is 131 cm³/mol. The van der Waals surface area contributed by atoms with Crippen molar-refractivity contribution in [2.45, 2.75) is 13.5 Å². The summed E-state index contributed by atoms with van der Waals surface area (Å²) in [5.41, 5.74) is 1.46. The molecule has 1 fully saturated rings. The van der Waals surface area contributed by atoms with Gasteiger partial charge in [0, 0.05) is 0 Å². The second-order valence-corrected chi connectivity index (χ2v) is 8.34. The maximum atomic E-state index is 13.1. The minimum atomic E-state index is -0.827. The van der Waals surface area contributed by atoms with E-state index in [2.05, 4.69) is 21.2 Å². The molecule has 0 spiro atoms. The molecule has 4 rings (SSSR count). The Kier molecular flexibility index (Phi) is 7.26. The third kappa shape index (κ3) is 5.58. The van der Waals surface area contributed by atoms with Gasteiger partial charge in [-0.25, -0.2) is 14.1 Å². The van der Waals surface area contributed by atoms with Crippen LogP contribution in [0.2, 0.25) is 0 Å². The number of benzene rings is 3. The monoisotopic (exact) mass is 538 g/mol. The molecule has 35 heavy (non-hydrogen) atoms. The third-order valence-electron chi connectivity index (χ3n) is 5.08. The zero-order valence-electron chi connectivity index (χ0n) is 18.6. The summed E-state index contributed by atoms with van der Waals surface area (Å²) in [5, 5.41) is 2.20. The summed E-state index contributed by atoms with van der Waals surface area (Å²) in [6.07, 6.45) is 1.40. The van der Waals surface area contributed by atoms with Crippen molar-refractivity contribution in [3.63, 3.8) is 0 Å². The van der Waals surface area contributed by atoms with Crippen LogP contribution in [-0.4, -0.2) is 24.5 Å². The van der Waals surface area contributed by atoms with Gasteiger partial charge in [0.25, 0.3) is 11.8 Å². The number of barbiturate groups is 1. The van der Waals surface area contributed by atoms with Crippen molar-refractivity contribution in [1.82, 2.24) is 5.32 Å². The fourth-order valence-corrected chi connectivity index (χ4v) is 3.89. The van der Waals surface area contributed by atoms with Crippen LogP contribution in [0.3, 0.4) is 0 Å². The normalized spacial score (nSPS) is 14.8. The lowest BCUT2D eigenvalue weighted by atomic mass is 10.1. The summed E-state index contributed by atoms with van der Waals surface area (Å²) in [6, 6.07) is 16.6. The van der Waals surface area contributed by atoms with Gasteiger partial charge in [0.05, 0.1) is 16.8 Å². The summed E-state index contributed by atoms with van der Waals surface area (Å²) in [7, 11) is 0. The largest absolute Gasteiger partial charge is 0.494 e. The highest BCUT2D eigenvalue weighted by molar-refractivity contribution is 9.10. The molecule has 0 saturated carbocycles. The molecular formula is C26H20BrFN2O5. The first-order chi connectivity index (χ1) is 16.9. The van der Waals surface area contributed by atoms with Crippen LogP contribution in [0.4, 0.5) is 14.9 Å². The highest BCUT2D eigenvalue weighted by Gasteiger charge is 2.36. The lowest BCUT2D eigenvalue weighted by molar-refractivity contribution is -0.122. The third-order valence-corrected chi connectivity index (χ3v) is 5.70. The minimum Gasteiger partial charge on any atom is -0.494 e. The van der Waals surface area contributed by atoms with Gasteiger partial charge in [0.2, 0.25) is 0 Å². The van der Waals surface area contributed by atoms with E-state index in [9.17, 15) is 18.8 Å². The number of nitrogens with zero attached hydrogens (tertiary/aromatic N) is 1. The van der Waals surface area contributed by atoms with Crippen molar-refractivity contribution >= 4 is 45.5 Å². The van der Waals surface area contributed by atoms with Gasteiger partial charge in [-0.05, 0) is 88.6 Å². The molecule has 3 aromatic carbocycles. The fraction of sp³-hybridized carbons (Fsp3) is 0.115. The van der Waals surface area contributed by atoms with Crippen molar-refractivity contribution in [3.8, 4) is 11.5 Å². The lowest BCUT2D eigenvalue weighted by Gasteiger charge is -2.26. The van der Waals surface area contributed by atoms with E-state index >= 15 is 0 Å². The topological polar surface area (TPSA) is 84.9 Å². The molecule has 4 amide bonds. The Hall–Kier alpha value is -3.98. The second-order valence-electron chi connectivity index (χ2n) is 7.49. The molecule has 0 unspecified atom stereocenters. The molecule has 3 aromatic rings. The van der Waals surface area contributed by atoms with Crippen LogP contribution in [0.5, 0.6) is 11.5 Å². The van der Waals surface area contributed by atoms with E-state index in [0.717, 1.165) is 10.5 Å². The molecule has 0 aromatic heterocycles. The van der Waals surface area contributed by atoms with Crippen molar-refractivity contribution < 1.29 is 28.2 Å². The maximum Gasteiger partial charge on any atom is 0.335 e. The van der Waals surface area contributed by atoms with Gasteiger partial charge in [-0.15, -0.1) is 0 Å². The van der Waals surface area contributed by atoms with E-state index in [1.165, 1.54) is 18.2 Å². The Morgan fingerprint density at radius 3 is 2.34 bits per heavy atom. The molecule has 1 heterocycles. The van der Waals surface area contributed by atoms with Gasteiger partial charge in [-0.2, -0.15) is 0 Å². The van der Waals surface area contributed by atoms with Crippen LogP contribution in [0.25, 0.3) is 6.08 Å². The molecular weight excluding hydrogens is 519 g/mol. The summed E-state index contributed by atoms with van der Waals surface area (Å²) in [5.74, 6) is -0.719. The number of ether oxygens (including phenoxy) is 2. The zero-order chi connectivity index (χ0) is 24.9. The zero-order valence-corrected chi connectivity index (χ0v) is 20.2. The number of nitrogens with one attached hydrogen (secondary N) is 1. The van der Waals surface area contributed by atoms with Crippen LogP contribution >= 0.6 is 15.9 Å². The number of anilines is 1. The van der Waals surface area contributed by atoms with E-state index in [4.69, 9.17) is 9.47 Å². The van der Waals surface area contributed by atoms with Crippen LogP contribution in [0.15, 0.2) is 76.8 Å². The molecule has 0 atom stereocenters. The van der Waals surface area contributed by atoms with Crippen LogP contribution in [-0.2, 0) is 16.2 Å². The maximum absolute atomic E-state index is 13.1. The van der Waals surface area contributed by atoms with Gasteiger partial charge in [0.15, 0.2) is 0 Å². The number of halogens is 2. The van der Waals surface area contributed by atoms with Gasteiger partial charge < -0.3 is 9.47 Å². The first-order valence-electron chi connectivity index (χ1n) is 10.7. The average molecular weight is 539 g/mol. The van der Waals surface area contributed by atoms with Crippen LogP contribution in [0.1, 0.15) is 18.1 Å². The number of hydrogen-bond donors (Lipinski definition) is 1. The SMILES string of the molecule is CCOc1ccc(N2C(=O)NC(=O)/C(=C\c3ccc(OCc4ccc(F)cc4)c(Br)c3)C2=O)cc1. The smallest absolute Gasteiger partial charge is 0.335 e. The van der Waals surface area contributed by atoms with Gasteiger partial charge in [-0.1, -0.05) is 18.2 Å². The molecule has 9 heteroatoms. The minimum absolute atomic E-state index is 0.189. The molecule has 0 radical (unpaired) electrons. The molecule has 1 N–H and O–H groups in total. The number of carbonyl (C=O) groups excluding carboxylic acids is 3. The molecule has 0 aliphatic carbocycles. The molecule has 1 aliphatic heterocycles. The highest BCUT2D eigenvalue weighted by Crippen LogP contribution is 2.29. The number of imide groups is 2. The number of urea groups is 1. The van der Waals surface area contributed by atoms with Gasteiger partial charge >= 0.3 is 6.03 Å². The van der Waals surface area contributed by atoms with E-state index < -0.39 is 17.8 Å². The molecule has 1 saturated heterocycles. The van der Waals surface area contributed by atoms with Crippen LogP contribution in [0, 0.1) is 5.82 Å². The number of amides is 4. The Morgan fingerprint density at radius 1 is 0.971 bits per heavy atom. The Balaban J connectivity index is 1.53. The first kappa shape index (κ1) is 24.2. The Labute approximate surface area is 209 Å². The Bertz CT molecular complexity index is 1310.